The molecular formula is C50H60O2S4. The maximum Gasteiger partial charge on any atom is 0.119 e. The van der Waals surface area contributed by atoms with Crippen molar-refractivity contribution in [3.8, 4) is 11.5 Å². The van der Waals surface area contributed by atoms with E-state index in [9.17, 15) is 0 Å². The van der Waals surface area contributed by atoms with Crippen LogP contribution in [0.2, 0.25) is 0 Å². The molecule has 0 spiro atoms. The van der Waals surface area contributed by atoms with Gasteiger partial charge >= 0.3 is 0 Å². The molecule has 4 aromatic carbocycles. The minimum Gasteiger partial charge on any atom is -0.497 e. The van der Waals surface area contributed by atoms with Crippen LogP contribution in [0.4, 0.5) is 0 Å². The normalized spacial score (nSPS) is 8.89. The summed E-state index contributed by atoms with van der Waals surface area (Å²) in [4.78, 5) is 2.77. The number of rotatable bonds is 2. The maximum atomic E-state index is 5.00. The third-order valence-corrected chi connectivity index (χ3v) is 10.2. The fraction of sp³-hybridized carbons (Fsp3) is 0.200. The number of aryl methyl sites for hydroxylation is 8. The van der Waals surface area contributed by atoms with Crippen molar-refractivity contribution in [3.05, 3.63) is 221 Å². The highest BCUT2D eigenvalue weighted by atomic mass is 32.1. The van der Waals surface area contributed by atoms with E-state index in [0.29, 0.717) is 0 Å². The second kappa shape index (κ2) is 32.5. The lowest BCUT2D eigenvalue weighted by Crippen LogP contribution is -1.81. The molecule has 0 saturated carbocycles. The zero-order valence-corrected chi connectivity index (χ0v) is 38.0. The fourth-order valence-corrected chi connectivity index (χ4v) is 6.33. The number of hydrogen-bond donors (Lipinski definition) is 0. The number of hydrogen-bond acceptors (Lipinski definition) is 6. The lowest BCUT2D eigenvalue weighted by molar-refractivity contribution is 0.414. The van der Waals surface area contributed by atoms with Gasteiger partial charge in [0.1, 0.15) is 11.5 Å². The topological polar surface area (TPSA) is 18.5 Å². The number of benzene rings is 4. The van der Waals surface area contributed by atoms with Gasteiger partial charge in [-0.1, -0.05) is 108 Å². The fourth-order valence-electron chi connectivity index (χ4n) is 3.94. The molecule has 0 saturated heterocycles. The van der Waals surface area contributed by atoms with E-state index in [-0.39, 0.29) is 0 Å². The third-order valence-electron chi connectivity index (χ3n) is 6.99. The van der Waals surface area contributed by atoms with Crippen LogP contribution < -0.4 is 9.47 Å². The first-order valence-electron chi connectivity index (χ1n) is 18.2. The van der Waals surface area contributed by atoms with Gasteiger partial charge in [-0.2, -0.15) is 22.7 Å². The molecule has 296 valence electrons. The van der Waals surface area contributed by atoms with E-state index in [1.165, 1.54) is 43.1 Å². The van der Waals surface area contributed by atoms with E-state index in [1.807, 2.05) is 98.8 Å². The van der Waals surface area contributed by atoms with Gasteiger partial charge in [0.05, 0.1) is 14.2 Å². The molecule has 0 atom stereocenters. The summed E-state index contributed by atoms with van der Waals surface area (Å²) in [5.74, 6) is 1.85. The van der Waals surface area contributed by atoms with E-state index in [4.69, 9.17) is 9.47 Å². The van der Waals surface area contributed by atoms with E-state index in [1.54, 1.807) is 59.6 Å². The summed E-state index contributed by atoms with van der Waals surface area (Å²) in [6.07, 6.45) is 0. The Balaban J connectivity index is 0.000000322. The van der Waals surface area contributed by atoms with Crippen LogP contribution >= 0.6 is 45.3 Å². The van der Waals surface area contributed by atoms with Crippen molar-refractivity contribution in [2.75, 3.05) is 14.2 Å². The molecule has 0 N–H and O–H groups in total. The Bertz CT molecular complexity index is 1750. The largest absolute Gasteiger partial charge is 0.497 e. The Morgan fingerprint density at radius 2 is 0.679 bits per heavy atom. The predicted molar refractivity (Wildman–Crippen MR) is 254 cm³/mol. The summed E-state index contributed by atoms with van der Waals surface area (Å²) in [6.45, 7) is 16.6. The van der Waals surface area contributed by atoms with Crippen molar-refractivity contribution < 1.29 is 9.47 Å². The summed E-state index contributed by atoms with van der Waals surface area (Å²) in [6, 6.07) is 49.0. The molecule has 0 aliphatic carbocycles. The molecule has 0 fully saturated rings. The van der Waals surface area contributed by atoms with Crippen LogP contribution in [0, 0.1) is 55.4 Å². The zero-order chi connectivity index (χ0) is 41.2. The first kappa shape index (κ1) is 49.3. The Morgan fingerprint density at radius 3 is 0.821 bits per heavy atom. The average Bonchev–Trinajstić information content (AvgIpc) is 4.07. The lowest BCUT2D eigenvalue weighted by atomic mass is 10.2. The van der Waals surface area contributed by atoms with Crippen molar-refractivity contribution >= 4 is 45.3 Å². The second-order valence-corrected chi connectivity index (χ2v) is 16.3. The zero-order valence-electron chi connectivity index (χ0n) is 34.8. The molecule has 2 nitrogen and oxygen atoms in total. The van der Waals surface area contributed by atoms with Gasteiger partial charge in [-0.15, -0.1) is 22.7 Å². The van der Waals surface area contributed by atoms with Gasteiger partial charge in [-0.05, 0) is 158 Å². The standard InChI is InChI=1S/2C8H10O.2C7H8.4C5H6S/c2*1-7-4-3-5-8(6-7)9-2;2*1-7-5-3-2-4-6-7;2*1-5-2-3-6-4-5;2*1-5-3-2-4-6-5/h2*3-6H,1-2H3;2*2-6H,1H3;4*2-4H,1H3. The first-order valence-corrected chi connectivity index (χ1v) is 21.9. The van der Waals surface area contributed by atoms with Crippen LogP contribution in [0.25, 0.3) is 0 Å². The third kappa shape index (κ3) is 28.7. The molecule has 0 amide bonds. The molecule has 56 heavy (non-hydrogen) atoms. The molecule has 6 heteroatoms. The molecular weight excluding hydrogens is 761 g/mol. The summed E-state index contributed by atoms with van der Waals surface area (Å²) >= 11 is 7.03. The molecule has 8 rings (SSSR count). The highest BCUT2D eigenvalue weighted by Gasteiger charge is 1.88. The summed E-state index contributed by atoms with van der Waals surface area (Å²) in [5.41, 5.74) is 7.83. The molecule has 0 radical (unpaired) electrons. The van der Waals surface area contributed by atoms with Crippen molar-refractivity contribution in [1.29, 1.82) is 0 Å². The Kier molecular flexibility index (Phi) is 28.6. The van der Waals surface area contributed by atoms with Crippen LogP contribution in [0.5, 0.6) is 11.5 Å². The van der Waals surface area contributed by atoms with E-state index < -0.39 is 0 Å². The minimum atomic E-state index is 0.926. The van der Waals surface area contributed by atoms with E-state index in [2.05, 4.69) is 134 Å². The Hall–Kier alpha value is -4.72. The molecule has 0 unspecified atom stereocenters. The van der Waals surface area contributed by atoms with Crippen molar-refractivity contribution in [2.45, 2.75) is 55.4 Å². The molecule has 0 bridgehead atoms. The van der Waals surface area contributed by atoms with Gasteiger partial charge in [-0.3, -0.25) is 0 Å². The van der Waals surface area contributed by atoms with Crippen LogP contribution in [-0.2, 0) is 0 Å². The number of ether oxygens (including phenoxy) is 2. The van der Waals surface area contributed by atoms with Crippen LogP contribution in [0.3, 0.4) is 0 Å². The smallest absolute Gasteiger partial charge is 0.119 e. The van der Waals surface area contributed by atoms with Crippen LogP contribution in [0.15, 0.2) is 178 Å². The Morgan fingerprint density at radius 1 is 0.321 bits per heavy atom. The highest BCUT2D eigenvalue weighted by molar-refractivity contribution is 7.10. The summed E-state index contributed by atoms with van der Waals surface area (Å²) in [7, 11) is 3.35. The van der Waals surface area contributed by atoms with E-state index >= 15 is 0 Å². The second-order valence-electron chi connectivity index (χ2n) is 12.4. The highest BCUT2D eigenvalue weighted by Crippen LogP contribution is 2.11. The van der Waals surface area contributed by atoms with Gasteiger partial charge in [0.15, 0.2) is 0 Å². The molecule has 0 aliphatic rings. The predicted octanol–water partition coefficient (Wildman–Crippen LogP) is 16.2. The average molecular weight is 821 g/mol. The van der Waals surface area contributed by atoms with Crippen LogP contribution in [0.1, 0.15) is 43.1 Å². The molecule has 0 aliphatic heterocycles. The van der Waals surface area contributed by atoms with Gasteiger partial charge in [0, 0.05) is 9.75 Å². The van der Waals surface area contributed by atoms with Crippen molar-refractivity contribution in [2.24, 2.45) is 0 Å². The van der Waals surface area contributed by atoms with Crippen molar-refractivity contribution in [3.63, 3.8) is 0 Å². The monoisotopic (exact) mass is 820 g/mol. The molecule has 4 heterocycles. The van der Waals surface area contributed by atoms with Crippen molar-refractivity contribution in [1.82, 2.24) is 0 Å². The van der Waals surface area contributed by atoms with Crippen LogP contribution in [-0.4, -0.2) is 14.2 Å². The Labute approximate surface area is 354 Å². The lowest BCUT2D eigenvalue weighted by Gasteiger charge is -1.97. The minimum absolute atomic E-state index is 0.926. The quantitative estimate of drug-likeness (QED) is 0.173. The maximum absolute atomic E-state index is 5.00. The first-order chi connectivity index (χ1) is 27.0. The summed E-state index contributed by atoms with van der Waals surface area (Å²) in [5, 5.41) is 12.6. The SMILES string of the molecule is COc1cccc(C)c1.COc1cccc(C)c1.Cc1ccccc1.Cc1ccccc1.Cc1cccs1.Cc1cccs1.Cc1ccsc1.Cc1ccsc1. The summed E-state index contributed by atoms with van der Waals surface area (Å²) < 4.78 is 9.99. The molecule has 8 aromatic rings. The van der Waals surface area contributed by atoms with E-state index in [0.717, 1.165) is 11.5 Å². The number of thiophene rings is 4. The van der Waals surface area contributed by atoms with Gasteiger partial charge in [0.2, 0.25) is 0 Å². The van der Waals surface area contributed by atoms with Gasteiger partial charge in [0.25, 0.3) is 0 Å². The van der Waals surface area contributed by atoms with Gasteiger partial charge < -0.3 is 9.47 Å². The molecule has 4 aromatic heterocycles. The van der Waals surface area contributed by atoms with Gasteiger partial charge in [-0.25, -0.2) is 0 Å². The number of methoxy groups -OCH3 is 2.